The number of aromatic nitrogens is 2. The Kier molecular flexibility index (Phi) is 6.49. The van der Waals surface area contributed by atoms with Gasteiger partial charge in [0.2, 0.25) is 0 Å². The van der Waals surface area contributed by atoms with Gasteiger partial charge in [-0.05, 0) is 32.9 Å². The molecule has 2 aromatic heterocycles. The van der Waals surface area contributed by atoms with Crippen LogP contribution < -0.4 is 5.32 Å². The Morgan fingerprint density at radius 2 is 1.86 bits per heavy atom. The third-order valence-corrected chi connectivity index (χ3v) is 4.38. The zero-order valence-corrected chi connectivity index (χ0v) is 16.8. The van der Waals surface area contributed by atoms with Crippen LogP contribution in [0.2, 0.25) is 0 Å². The minimum absolute atomic E-state index is 0.104. The second kappa shape index (κ2) is 9.23. The maximum absolute atomic E-state index is 12.3. The van der Waals surface area contributed by atoms with Crippen LogP contribution in [0.3, 0.4) is 0 Å². The Bertz CT molecular complexity index is 959. The lowest BCUT2D eigenvalue weighted by atomic mass is 10.2. The first-order valence-corrected chi connectivity index (χ1v) is 9.62. The van der Waals surface area contributed by atoms with Gasteiger partial charge in [-0.2, -0.15) is 5.10 Å². The fourth-order valence-electron chi connectivity index (χ4n) is 2.86. The molecule has 0 radical (unpaired) electrons. The monoisotopic (exact) mass is 395 g/mol. The largest absolute Gasteiger partial charge is 0.461 e. The Balaban J connectivity index is 1.48. The minimum atomic E-state index is -0.908. The van der Waals surface area contributed by atoms with Gasteiger partial charge in [-0.3, -0.25) is 9.59 Å². The van der Waals surface area contributed by atoms with E-state index >= 15 is 0 Å². The van der Waals surface area contributed by atoms with Crippen LogP contribution in [0.1, 0.15) is 39.0 Å². The van der Waals surface area contributed by atoms with Gasteiger partial charge in [0, 0.05) is 24.1 Å². The van der Waals surface area contributed by atoms with Crippen molar-refractivity contribution in [3.8, 4) is 11.3 Å². The van der Waals surface area contributed by atoms with Gasteiger partial charge in [0.25, 0.3) is 5.91 Å². The molecule has 0 aliphatic carbocycles. The zero-order valence-electron chi connectivity index (χ0n) is 16.8. The van der Waals surface area contributed by atoms with E-state index in [2.05, 4.69) is 10.4 Å². The van der Waals surface area contributed by atoms with E-state index in [-0.39, 0.29) is 12.5 Å². The summed E-state index contributed by atoms with van der Waals surface area (Å²) in [6.07, 6.45) is 1.23. The van der Waals surface area contributed by atoms with Crippen molar-refractivity contribution in [1.29, 1.82) is 0 Å². The summed E-state index contributed by atoms with van der Waals surface area (Å²) in [5, 5.41) is 6.90. The molecule has 152 valence electrons. The lowest BCUT2D eigenvalue weighted by Gasteiger charge is -2.15. The first kappa shape index (κ1) is 20.4. The Labute approximate surface area is 169 Å². The summed E-state index contributed by atoms with van der Waals surface area (Å²) in [7, 11) is 0. The smallest absolute Gasteiger partial charge is 0.307 e. The summed E-state index contributed by atoms with van der Waals surface area (Å²) in [4.78, 5) is 24.4. The molecule has 0 spiro atoms. The average molecular weight is 395 g/mol. The number of benzene rings is 1. The van der Waals surface area contributed by atoms with Crippen molar-refractivity contribution >= 4 is 17.7 Å². The van der Waals surface area contributed by atoms with E-state index in [1.54, 1.807) is 23.9 Å². The lowest BCUT2D eigenvalue weighted by molar-refractivity contribution is -0.153. The molecule has 1 amide bonds. The van der Waals surface area contributed by atoms with Crippen molar-refractivity contribution in [2.75, 3.05) is 5.32 Å². The number of esters is 1. The van der Waals surface area contributed by atoms with Crippen LogP contribution in [0.4, 0.5) is 5.82 Å². The highest BCUT2D eigenvalue weighted by atomic mass is 16.5. The summed E-state index contributed by atoms with van der Waals surface area (Å²) in [5.74, 6) is 1.16. The van der Waals surface area contributed by atoms with Gasteiger partial charge in [0.15, 0.2) is 6.10 Å². The van der Waals surface area contributed by atoms with E-state index in [0.717, 1.165) is 11.3 Å². The van der Waals surface area contributed by atoms with Crippen LogP contribution in [0.15, 0.2) is 59.1 Å². The number of ether oxygens (including phenoxy) is 1. The molecule has 0 saturated carbocycles. The van der Waals surface area contributed by atoms with Crippen LogP contribution in [-0.4, -0.2) is 27.8 Å². The lowest BCUT2D eigenvalue weighted by Crippen LogP contribution is -2.31. The third kappa shape index (κ3) is 5.34. The van der Waals surface area contributed by atoms with E-state index in [9.17, 15) is 9.59 Å². The molecule has 3 aromatic rings. The molecule has 29 heavy (non-hydrogen) atoms. The molecule has 1 aromatic carbocycles. The molecule has 0 saturated heterocycles. The van der Waals surface area contributed by atoms with E-state index < -0.39 is 18.0 Å². The topological polar surface area (TPSA) is 86.4 Å². The molecule has 0 bridgehead atoms. The van der Waals surface area contributed by atoms with Crippen molar-refractivity contribution in [2.24, 2.45) is 0 Å². The molecule has 1 atom stereocenters. The van der Waals surface area contributed by atoms with E-state index in [1.165, 1.54) is 0 Å². The maximum Gasteiger partial charge on any atom is 0.307 e. The number of rotatable bonds is 8. The highest BCUT2D eigenvalue weighted by molar-refractivity contribution is 5.94. The summed E-state index contributed by atoms with van der Waals surface area (Å²) < 4.78 is 12.7. The first-order valence-electron chi connectivity index (χ1n) is 9.62. The van der Waals surface area contributed by atoms with Crippen LogP contribution >= 0.6 is 0 Å². The van der Waals surface area contributed by atoms with Gasteiger partial charge in [-0.25, -0.2) is 4.68 Å². The molecule has 0 aliphatic rings. The second-order valence-electron chi connectivity index (χ2n) is 7.01. The number of amides is 1. The Hall–Kier alpha value is -3.35. The first-order chi connectivity index (χ1) is 13.9. The number of furan rings is 1. The molecular weight excluding hydrogens is 370 g/mol. The number of aryl methyl sites for hydroxylation is 1. The van der Waals surface area contributed by atoms with E-state index in [1.807, 2.05) is 56.3 Å². The predicted molar refractivity (Wildman–Crippen MR) is 109 cm³/mol. The second-order valence-corrected chi connectivity index (χ2v) is 7.01. The number of carbonyl (C=O) groups excluding carboxylic acids is 2. The van der Waals surface area contributed by atoms with Crippen molar-refractivity contribution in [2.45, 2.75) is 45.8 Å². The average Bonchev–Trinajstić information content (AvgIpc) is 3.36. The molecule has 7 heteroatoms. The van der Waals surface area contributed by atoms with Crippen molar-refractivity contribution in [3.63, 3.8) is 0 Å². The van der Waals surface area contributed by atoms with Gasteiger partial charge in [0.1, 0.15) is 17.3 Å². The fraction of sp³-hybridized carbons (Fsp3) is 0.318. The Morgan fingerprint density at radius 1 is 1.10 bits per heavy atom. The van der Waals surface area contributed by atoms with Crippen molar-refractivity contribution < 1.29 is 18.7 Å². The highest BCUT2D eigenvalue weighted by Crippen LogP contribution is 2.22. The maximum atomic E-state index is 12.3. The molecule has 0 aliphatic heterocycles. The fourth-order valence-corrected chi connectivity index (χ4v) is 2.86. The van der Waals surface area contributed by atoms with Gasteiger partial charge in [0.05, 0.1) is 12.6 Å². The number of hydrogen-bond acceptors (Lipinski definition) is 5. The van der Waals surface area contributed by atoms with E-state index in [0.29, 0.717) is 18.0 Å². The molecule has 7 nitrogen and oxygen atoms in total. The van der Waals surface area contributed by atoms with Crippen LogP contribution in [0.25, 0.3) is 11.3 Å². The van der Waals surface area contributed by atoms with Crippen molar-refractivity contribution in [3.05, 3.63) is 60.5 Å². The van der Waals surface area contributed by atoms with Gasteiger partial charge >= 0.3 is 5.97 Å². The van der Waals surface area contributed by atoms with Crippen LogP contribution in [0, 0.1) is 0 Å². The number of carbonyl (C=O) groups is 2. The molecule has 3 rings (SSSR count). The molecule has 1 N–H and O–H groups in total. The quantitative estimate of drug-likeness (QED) is 0.577. The van der Waals surface area contributed by atoms with Crippen LogP contribution in [-0.2, 0) is 20.7 Å². The van der Waals surface area contributed by atoms with E-state index in [4.69, 9.17) is 9.15 Å². The molecular formula is C22H25N3O4. The zero-order chi connectivity index (χ0) is 20.8. The SMILES string of the molecule is CC(OC(=O)CCc1ccc(-c2ccccc2)o1)C(=O)Nc1ccnn1C(C)C. The number of nitrogens with one attached hydrogen (secondary N) is 1. The molecule has 2 heterocycles. The summed E-state index contributed by atoms with van der Waals surface area (Å²) >= 11 is 0. The predicted octanol–water partition coefficient (Wildman–Crippen LogP) is 4.23. The number of hydrogen-bond donors (Lipinski definition) is 1. The Morgan fingerprint density at radius 3 is 2.59 bits per heavy atom. The number of anilines is 1. The summed E-state index contributed by atoms with van der Waals surface area (Å²) in [6.45, 7) is 5.47. The van der Waals surface area contributed by atoms with Gasteiger partial charge in [-0.1, -0.05) is 30.3 Å². The van der Waals surface area contributed by atoms with Crippen molar-refractivity contribution in [1.82, 2.24) is 9.78 Å². The highest BCUT2D eigenvalue weighted by Gasteiger charge is 2.20. The molecule has 1 unspecified atom stereocenters. The summed E-state index contributed by atoms with van der Waals surface area (Å²) in [6, 6.07) is 15.3. The summed E-state index contributed by atoms with van der Waals surface area (Å²) in [5.41, 5.74) is 0.979. The molecule has 0 fully saturated rings. The normalized spacial score (nSPS) is 12.0. The van der Waals surface area contributed by atoms with Gasteiger partial charge in [-0.15, -0.1) is 0 Å². The third-order valence-electron chi connectivity index (χ3n) is 4.38. The number of nitrogens with zero attached hydrogens (tertiary/aromatic N) is 2. The standard InChI is InChI=1S/C22H25N3O4/c1-15(2)25-20(13-14-23-25)24-22(27)16(3)28-21(26)12-10-18-9-11-19(29-18)17-7-5-4-6-8-17/h4-9,11,13-16H,10,12H2,1-3H3,(H,24,27). The van der Waals surface area contributed by atoms with Gasteiger partial charge < -0.3 is 14.5 Å². The van der Waals surface area contributed by atoms with Crippen LogP contribution in [0.5, 0.6) is 0 Å². The minimum Gasteiger partial charge on any atom is -0.461 e.